The van der Waals surface area contributed by atoms with Crippen molar-refractivity contribution in [2.75, 3.05) is 0 Å². The van der Waals surface area contributed by atoms with Crippen molar-refractivity contribution in [2.45, 2.75) is 38.1 Å². The first kappa shape index (κ1) is 15.3. The van der Waals surface area contributed by atoms with Crippen molar-refractivity contribution in [3.05, 3.63) is 34.2 Å². The molecule has 6 nitrogen and oxygen atoms in total. The smallest absolute Gasteiger partial charge is 0.308 e. The molecule has 1 aromatic heterocycles. The van der Waals surface area contributed by atoms with Crippen LogP contribution in [0, 0.1) is 5.92 Å². The Balaban J connectivity index is 2.26. The summed E-state index contributed by atoms with van der Waals surface area (Å²) in [6, 6.07) is 4.45. The third kappa shape index (κ3) is 2.99. The van der Waals surface area contributed by atoms with Crippen LogP contribution < -0.4 is 10.9 Å². The summed E-state index contributed by atoms with van der Waals surface area (Å²) >= 11 is 0. The van der Waals surface area contributed by atoms with Gasteiger partial charge in [-0.2, -0.15) is 0 Å². The largest absolute Gasteiger partial charge is 0.481 e. The molecule has 0 aromatic carbocycles. The lowest BCUT2D eigenvalue weighted by molar-refractivity contribution is -0.145. The fraction of sp³-hybridized carbons (Fsp3) is 0.533. The average Bonchev–Trinajstić information content (AvgIpc) is 2.41. The van der Waals surface area contributed by atoms with E-state index in [1.54, 1.807) is 13.0 Å². The van der Waals surface area contributed by atoms with E-state index in [0.717, 1.165) is 12.8 Å². The lowest BCUT2D eigenvalue weighted by Crippen LogP contribution is -2.55. The summed E-state index contributed by atoms with van der Waals surface area (Å²) < 4.78 is 1.26. The van der Waals surface area contributed by atoms with Gasteiger partial charge < -0.3 is 15.0 Å². The molecule has 6 heteroatoms. The zero-order chi connectivity index (χ0) is 15.6. The monoisotopic (exact) mass is 292 g/mol. The van der Waals surface area contributed by atoms with E-state index in [2.05, 4.69) is 5.32 Å². The first-order valence-corrected chi connectivity index (χ1v) is 7.06. The molecule has 0 radical (unpaired) electrons. The molecule has 0 saturated heterocycles. The van der Waals surface area contributed by atoms with Gasteiger partial charge in [0.15, 0.2) is 0 Å². The molecule has 0 spiro atoms. The molecule has 1 aliphatic rings. The second-order valence-electron chi connectivity index (χ2n) is 5.82. The number of hydrogen-bond donors (Lipinski definition) is 2. The van der Waals surface area contributed by atoms with Crippen LogP contribution in [0.15, 0.2) is 23.0 Å². The van der Waals surface area contributed by atoms with Crippen LogP contribution in [-0.4, -0.2) is 27.1 Å². The summed E-state index contributed by atoms with van der Waals surface area (Å²) in [6.07, 6.45) is 2.91. The number of aliphatic carboxylic acids is 1. The molecule has 1 fully saturated rings. The minimum absolute atomic E-state index is 0.235. The number of amides is 1. The Morgan fingerprint density at radius 1 is 1.38 bits per heavy atom. The second kappa shape index (κ2) is 5.71. The van der Waals surface area contributed by atoms with E-state index in [4.69, 9.17) is 0 Å². The molecule has 1 amide bonds. The molecule has 1 heterocycles. The third-order valence-electron chi connectivity index (χ3n) is 4.32. The first-order chi connectivity index (χ1) is 9.85. The summed E-state index contributed by atoms with van der Waals surface area (Å²) in [5, 5.41) is 12.2. The van der Waals surface area contributed by atoms with E-state index < -0.39 is 23.3 Å². The van der Waals surface area contributed by atoms with E-state index in [1.807, 2.05) is 0 Å². The molecule has 1 aliphatic carbocycles. The maximum absolute atomic E-state index is 12.4. The SMILES string of the molecule is Cn1c(C(=O)NC2(C)CCCCC2C(=O)O)cccc1=O. The van der Waals surface area contributed by atoms with Crippen LogP contribution in [0.5, 0.6) is 0 Å². The molecule has 114 valence electrons. The lowest BCUT2D eigenvalue weighted by Gasteiger charge is -2.39. The Kier molecular flexibility index (Phi) is 4.16. The van der Waals surface area contributed by atoms with Crippen molar-refractivity contribution < 1.29 is 14.7 Å². The van der Waals surface area contributed by atoms with E-state index in [1.165, 1.54) is 23.7 Å². The Morgan fingerprint density at radius 3 is 2.76 bits per heavy atom. The normalized spacial score (nSPS) is 25.3. The van der Waals surface area contributed by atoms with Crippen LogP contribution in [0.3, 0.4) is 0 Å². The molecule has 2 N–H and O–H groups in total. The minimum atomic E-state index is -0.889. The zero-order valence-corrected chi connectivity index (χ0v) is 12.3. The minimum Gasteiger partial charge on any atom is -0.481 e. The Morgan fingerprint density at radius 2 is 2.10 bits per heavy atom. The predicted octanol–water partition coefficient (Wildman–Crippen LogP) is 1.15. The van der Waals surface area contributed by atoms with Gasteiger partial charge in [-0.15, -0.1) is 0 Å². The van der Waals surface area contributed by atoms with E-state index in [0.29, 0.717) is 12.8 Å². The van der Waals surface area contributed by atoms with Crippen LogP contribution >= 0.6 is 0 Å². The van der Waals surface area contributed by atoms with Gasteiger partial charge in [0.1, 0.15) is 5.69 Å². The summed E-state index contributed by atoms with van der Waals surface area (Å²) in [4.78, 5) is 35.4. The van der Waals surface area contributed by atoms with Crippen LogP contribution in [0.4, 0.5) is 0 Å². The van der Waals surface area contributed by atoms with E-state index >= 15 is 0 Å². The maximum Gasteiger partial charge on any atom is 0.308 e. The summed E-state index contributed by atoms with van der Waals surface area (Å²) in [5.41, 5.74) is -0.822. The number of nitrogens with zero attached hydrogens (tertiary/aromatic N) is 1. The maximum atomic E-state index is 12.4. The molecule has 2 rings (SSSR count). The number of hydrogen-bond acceptors (Lipinski definition) is 3. The van der Waals surface area contributed by atoms with Gasteiger partial charge >= 0.3 is 5.97 Å². The Labute approximate surface area is 122 Å². The first-order valence-electron chi connectivity index (χ1n) is 7.06. The molecule has 2 unspecified atom stereocenters. The summed E-state index contributed by atoms with van der Waals surface area (Å²) in [6.45, 7) is 1.77. The number of carboxylic acids is 1. The van der Waals surface area contributed by atoms with Crippen molar-refractivity contribution in [3.63, 3.8) is 0 Å². The molecular formula is C15H20N2O4. The highest BCUT2D eigenvalue weighted by molar-refractivity contribution is 5.93. The standard InChI is InChI=1S/C15H20N2O4/c1-15(9-4-3-6-10(15)14(20)21)16-13(19)11-7-5-8-12(18)17(11)2/h5,7-8,10H,3-4,6,9H2,1-2H3,(H,16,19)(H,20,21). The number of pyridine rings is 1. The predicted molar refractivity (Wildman–Crippen MR) is 77.1 cm³/mol. The van der Waals surface area contributed by atoms with Gasteiger partial charge in [-0.3, -0.25) is 14.4 Å². The molecule has 0 bridgehead atoms. The number of carbonyl (C=O) groups is 2. The summed E-state index contributed by atoms with van der Waals surface area (Å²) in [7, 11) is 1.52. The molecular weight excluding hydrogens is 272 g/mol. The van der Waals surface area contributed by atoms with Gasteiger partial charge in [-0.1, -0.05) is 18.9 Å². The van der Waals surface area contributed by atoms with Crippen LogP contribution in [-0.2, 0) is 11.8 Å². The average molecular weight is 292 g/mol. The second-order valence-corrected chi connectivity index (χ2v) is 5.82. The zero-order valence-electron chi connectivity index (χ0n) is 12.3. The number of carbonyl (C=O) groups excluding carboxylic acids is 1. The number of carboxylic acid groups (broad SMARTS) is 1. The molecule has 21 heavy (non-hydrogen) atoms. The Bertz CT molecular complexity index is 622. The van der Waals surface area contributed by atoms with E-state index in [9.17, 15) is 19.5 Å². The fourth-order valence-electron chi connectivity index (χ4n) is 2.99. The molecule has 2 atom stereocenters. The van der Waals surface area contributed by atoms with Gasteiger partial charge in [0.2, 0.25) is 0 Å². The molecule has 1 aromatic rings. The van der Waals surface area contributed by atoms with Gasteiger partial charge in [0.25, 0.3) is 11.5 Å². The highest BCUT2D eigenvalue weighted by Gasteiger charge is 2.42. The van der Waals surface area contributed by atoms with Crippen molar-refractivity contribution in [3.8, 4) is 0 Å². The van der Waals surface area contributed by atoms with E-state index in [-0.39, 0.29) is 11.3 Å². The Hall–Kier alpha value is -2.11. The lowest BCUT2D eigenvalue weighted by atomic mass is 9.74. The highest BCUT2D eigenvalue weighted by atomic mass is 16.4. The third-order valence-corrected chi connectivity index (χ3v) is 4.32. The van der Waals surface area contributed by atoms with Crippen molar-refractivity contribution in [1.29, 1.82) is 0 Å². The molecule has 1 saturated carbocycles. The number of nitrogens with one attached hydrogen (secondary N) is 1. The van der Waals surface area contributed by atoms with Gasteiger partial charge in [-0.05, 0) is 25.8 Å². The topological polar surface area (TPSA) is 88.4 Å². The van der Waals surface area contributed by atoms with Crippen LogP contribution in [0.2, 0.25) is 0 Å². The highest BCUT2D eigenvalue weighted by Crippen LogP contribution is 2.34. The number of aromatic nitrogens is 1. The van der Waals surface area contributed by atoms with Crippen LogP contribution in [0.1, 0.15) is 43.1 Å². The van der Waals surface area contributed by atoms with Crippen molar-refractivity contribution in [2.24, 2.45) is 13.0 Å². The number of rotatable bonds is 3. The summed E-state index contributed by atoms with van der Waals surface area (Å²) in [5.74, 6) is -1.90. The van der Waals surface area contributed by atoms with Gasteiger partial charge in [0, 0.05) is 13.1 Å². The van der Waals surface area contributed by atoms with Crippen molar-refractivity contribution in [1.82, 2.24) is 9.88 Å². The van der Waals surface area contributed by atoms with Crippen molar-refractivity contribution >= 4 is 11.9 Å². The quantitative estimate of drug-likeness (QED) is 0.874. The van der Waals surface area contributed by atoms with Gasteiger partial charge in [0.05, 0.1) is 11.5 Å². The van der Waals surface area contributed by atoms with Crippen LogP contribution in [0.25, 0.3) is 0 Å². The fourth-order valence-corrected chi connectivity index (χ4v) is 2.99. The molecule has 0 aliphatic heterocycles. The van der Waals surface area contributed by atoms with Gasteiger partial charge in [-0.25, -0.2) is 0 Å².